The summed E-state index contributed by atoms with van der Waals surface area (Å²) in [7, 11) is 0. The minimum atomic E-state index is 0.111. The lowest BCUT2D eigenvalue weighted by Crippen LogP contribution is -2.26. The summed E-state index contributed by atoms with van der Waals surface area (Å²) in [5.41, 5.74) is 3.68. The number of aromatic hydroxyl groups is 1. The Morgan fingerprint density at radius 3 is 2.65 bits per heavy atom. The number of nitrogens with zero attached hydrogens (tertiary/aromatic N) is 3. The second kappa shape index (κ2) is 5.91. The highest BCUT2D eigenvalue weighted by Crippen LogP contribution is 2.34. The minimum absolute atomic E-state index is 0.111. The van der Waals surface area contributed by atoms with Crippen LogP contribution < -0.4 is 4.90 Å². The number of hydrogen-bond donors (Lipinski definition) is 3. The van der Waals surface area contributed by atoms with Gasteiger partial charge in [0.05, 0.1) is 23.2 Å². The molecule has 0 saturated carbocycles. The third kappa shape index (κ3) is 2.34. The predicted molar refractivity (Wildman–Crippen MR) is 103 cm³/mol. The monoisotopic (exact) mass is 348 g/mol. The van der Waals surface area contributed by atoms with Crippen LogP contribution in [0, 0.1) is 12.3 Å². The molecule has 3 N–H and O–H groups in total. The zero-order valence-electron chi connectivity index (χ0n) is 14.7. The Morgan fingerprint density at radius 2 is 1.92 bits per heavy atom. The topological polar surface area (TPSA) is 85.4 Å². The maximum absolute atomic E-state index is 10.6. The fourth-order valence-corrected chi connectivity index (χ4v) is 3.39. The Labute approximate surface area is 151 Å². The fraction of sp³-hybridized carbons (Fsp3) is 0.200. The lowest BCUT2D eigenvalue weighted by Gasteiger charge is -2.19. The molecule has 2 heterocycles. The number of aliphatic hydroxyl groups excluding tert-OH is 1. The molecule has 0 bridgehead atoms. The van der Waals surface area contributed by atoms with E-state index in [2.05, 4.69) is 4.98 Å². The summed E-state index contributed by atoms with van der Waals surface area (Å²) < 4.78 is 2.01. The van der Waals surface area contributed by atoms with Gasteiger partial charge in [0.25, 0.3) is 0 Å². The van der Waals surface area contributed by atoms with Gasteiger partial charge in [-0.25, -0.2) is 4.98 Å². The zero-order chi connectivity index (χ0) is 18.4. The molecule has 4 rings (SSSR count). The molecule has 0 saturated heterocycles. The van der Waals surface area contributed by atoms with Crippen molar-refractivity contribution in [3.8, 4) is 5.75 Å². The van der Waals surface area contributed by atoms with E-state index in [0.717, 1.165) is 16.6 Å². The van der Waals surface area contributed by atoms with Crippen molar-refractivity contribution in [2.75, 3.05) is 11.4 Å². The number of para-hydroxylation sites is 2. The van der Waals surface area contributed by atoms with Crippen LogP contribution in [0.5, 0.6) is 5.75 Å². The Bertz CT molecular complexity index is 1060. The molecule has 1 aliphatic rings. The molecule has 0 unspecified atom stereocenters. The molecule has 26 heavy (non-hydrogen) atoms. The first kappa shape index (κ1) is 16.2. The molecule has 132 valence electrons. The van der Waals surface area contributed by atoms with Gasteiger partial charge in [-0.1, -0.05) is 18.2 Å². The van der Waals surface area contributed by atoms with E-state index in [1.54, 1.807) is 17.0 Å². The van der Waals surface area contributed by atoms with Crippen LogP contribution in [-0.4, -0.2) is 32.1 Å². The SMILES string of the molecule is CCn1c(C2=C(O)CN(c3ccc(C)c(O)c3)C2=N)nc2ccccc21. The summed E-state index contributed by atoms with van der Waals surface area (Å²) in [6.45, 7) is 4.71. The third-order valence-electron chi connectivity index (χ3n) is 4.80. The number of phenolic OH excluding ortho intramolecular Hbond substituents is 1. The van der Waals surface area contributed by atoms with E-state index < -0.39 is 0 Å². The number of anilines is 1. The molecule has 1 aromatic heterocycles. The molecular formula is C20H20N4O2. The highest BCUT2D eigenvalue weighted by molar-refractivity contribution is 6.30. The van der Waals surface area contributed by atoms with Gasteiger partial charge in [-0.3, -0.25) is 5.41 Å². The summed E-state index contributed by atoms with van der Waals surface area (Å²) in [4.78, 5) is 6.32. The number of amidine groups is 1. The van der Waals surface area contributed by atoms with E-state index in [1.807, 2.05) is 48.7 Å². The lowest BCUT2D eigenvalue weighted by molar-refractivity contribution is 0.411. The van der Waals surface area contributed by atoms with Gasteiger partial charge in [0.1, 0.15) is 23.2 Å². The molecule has 0 radical (unpaired) electrons. The van der Waals surface area contributed by atoms with Crippen molar-refractivity contribution >= 4 is 28.1 Å². The van der Waals surface area contributed by atoms with Crippen molar-refractivity contribution in [1.82, 2.24) is 9.55 Å². The Morgan fingerprint density at radius 1 is 1.15 bits per heavy atom. The molecule has 0 fully saturated rings. The van der Waals surface area contributed by atoms with E-state index in [0.29, 0.717) is 23.6 Å². The van der Waals surface area contributed by atoms with Gasteiger partial charge in [-0.05, 0) is 37.6 Å². The first-order valence-corrected chi connectivity index (χ1v) is 8.55. The summed E-state index contributed by atoms with van der Waals surface area (Å²) >= 11 is 0. The van der Waals surface area contributed by atoms with Crippen molar-refractivity contribution in [2.45, 2.75) is 20.4 Å². The molecular weight excluding hydrogens is 328 g/mol. The molecule has 0 spiro atoms. The highest BCUT2D eigenvalue weighted by Gasteiger charge is 2.32. The zero-order valence-corrected chi connectivity index (χ0v) is 14.7. The molecule has 1 aliphatic heterocycles. The first-order chi connectivity index (χ1) is 12.5. The number of nitrogens with one attached hydrogen (secondary N) is 1. The number of aliphatic hydroxyl groups is 1. The number of phenols is 1. The van der Waals surface area contributed by atoms with Gasteiger partial charge in [-0.2, -0.15) is 0 Å². The first-order valence-electron chi connectivity index (χ1n) is 8.55. The maximum atomic E-state index is 10.6. The third-order valence-corrected chi connectivity index (χ3v) is 4.80. The molecule has 6 heteroatoms. The quantitative estimate of drug-likeness (QED) is 0.671. The van der Waals surface area contributed by atoms with Gasteiger partial charge in [0.2, 0.25) is 0 Å². The predicted octanol–water partition coefficient (Wildman–Crippen LogP) is 3.84. The molecule has 0 aliphatic carbocycles. The van der Waals surface area contributed by atoms with Crippen molar-refractivity contribution in [2.24, 2.45) is 0 Å². The molecule has 2 aromatic carbocycles. The second-order valence-corrected chi connectivity index (χ2v) is 6.40. The summed E-state index contributed by atoms with van der Waals surface area (Å²) in [6.07, 6.45) is 0. The average Bonchev–Trinajstić information content (AvgIpc) is 3.13. The van der Waals surface area contributed by atoms with E-state index in [9.17, 15) is 10.2 Å². The number of aromatic nitrogens is 2. The normalized spacial score (nSPS) is 14.7. The van der Waals surface area contributed by atoms with Gasteiger partial charge in [-0.15, -0.1) is 0 Å². The van der Waals surface area contributed by atoms with Gasteiger partial charge in [0.15, 0.2) is 0 Å². The summed E-state index contributed by atoms with van der Waals surface area (Å²) in [5.74, 6) is 1.05. The van der Waals surface area contributed by atoms with Crippen LogP contribution in [0.4, 0.5) is 5.69 Å². The Balaban J connectivity index is 1.79. The number of hydrogen-bond acceptors (Lipinski definition) is 4. The number of rotatable bonds is 3. The molecule has 0 atom stereocenters. The van der Waals surface area contributed by atoms with E-state index in [-0.39, 0.29) is 23.9 Å². The van der Waals surface area contributed by atoms with Crippen molar-refractivity contribution < 1.29 is 10.2 Å². The fourth-order valence-electron chi connectivity index (χ4n) is 3.39. The Hall–Kier alpha value is -3.28. The van der Waals surface area contributed by atoms with Gasteiger partial charge < -0.3 is 19.7 Å². The summed E-state index contributed by atoms with van der Waals surface area (Å²) in [5, 5.41) is 29.2. The smallest absolute Gasteiger partial charge is 0.148 e. The minimum Gasteiger partial charge on any atom is -0.509 e. The molecule has 0 amide bonds. The van der Waals surface area contributed by atoms with E-state index in [1.165, 1.54) is 0 Å². The number of aryl methyl sites for hydroxylation is 2. The van der Waals surface area contributed by atoms with Crippen LogP contribution in [0.25, 0.3) is 16.6 Å². The second-order valence-electron chi connectivity index (χ2n) is 6.40. The van der Waals surface area contributed by atoms with Crippen LogP contribution in [0.1, 0.15) is 18.3 Å². The van der Waals surface area contributed by atoms with Gasteiger partial charge in [0, 0.05) is 18.3 Å². The van der Waals surface area contributed by atoms with E-state index >= 15 is 0 Å². The largest absolute Gasteiger partial charge is 0.509 e. The standard InChI is InChI=1S/C20H20N4O2/c1-3-23-15-7-5-4-6-14(15)22-20(23)18-17(26)11-24(19(18)21)13-9-8-12(2)16(25)10-13/h4-10,21,25-26H,3,11H2,1-2H3. The Kier molecular flexibility index (Phi) is 3.68. The van der Waals surface area contributed by atoms with Crippen molar-refractivity contribution in [3.05, 3.63) is 59.6 Å². The summed E-state index contributed by atoms with van der Waals surface area (Å²) in [6, 6.07) is 13.0. The average molecular weight is 348 g/mol. The van der Waals surface area contributed by atoms with Gasteiger partial charge >= 0.3 is 0 Å². The number of benzene rings is 2. The molecule has 6 nitrogen and oxygen atoms in total. The maximum Gasteiger partial charge on any atom is 0.148 e. The van der Waals surface area contributed by atoms with Crippen LogP contribution in [0.2, 0.25) is 0 Å². The van der Waals surface area contributed by atoms with E-state index in [4.69, 9.17) is 5.41 Å². The van der Waals surface area contributed by atoms with Crippen LogP contribution in [0.15, 0.2) is 48.2 Å². The lowest BCUT2D eigenvalue weighted by atomic mass is 10.2. The van der Waals surface area contributed by atoms with Crippen LogP contribution in [-0.2, 0) is 6.54 Å². The number of imidazole rings is 1. The van der Waals surface area contributed by atoms with Crippen molar-refractivity contribution in [1.29, 1.82) is 5.41 Å². The number of fused-ring (bicyclic) bond motifs is 1. The molecule has 3 aromatic rings. The van der Waals surface area contributed by atoms with Crippen LogP contribution >= 0.6 is 0 Å². The van der Waals surface area contributed by atoms with Crippen molar-refractivity contribution in [3.63, 3.8) is 0 Å². The highest BCUT2D eigenvalue weighted by atomic mass is 16.3. The van der Waals surface area contributed by atoms with Crippen LogP contribution in [0.3, 0.4) is 0 Å².